The van der Waals surface area contributed by atoms with E-state index in [1.807, 2.05) is 20.8 Å². The van der Waals surface area contributed by atoms with Crippen LogP contribution < -0.4 is 10.6 Å². The van der Waals surface area contributed by atoms with E-state index in [0.29, 0.717) is 35.8 Å². The number of H-pyrrole nitrogens is 1. The number of rotatable bonds is 7. The van der Waals surface area contributed by atoms with Crippen LogP contribution in [0.5, 0.6) is 0 Å². The van der Waals surface area contributed by atoms with Crippen molar-refractivity contribution in [3.63, 3.8) is 0 Å². The summed E-state index contributed by atoms with van der Waals surface area (Å²) in [6.45, 7) is 7.00. The van der Waals surface area contributed by atoms with Crippen LogP contribution in [-0.2, 0) is 16.0 Å². The third-order valence-corrected chi connectivity index (χ3v) is 3.96. The second-order valence-electron chi connectivity index (χ2n) is 5.04. The summed E-state index contributed by atoms with van der Waals surface area (Å²) in [5, 5.41) is 5.56. The number of aryl methyl sites for hydroxylation is 1. The lowest BCUT2D eigenvalue weighted by Crippen LogP contribution is -2.32. The van der Waals surface area contributed by atoms with Crippen LogP contribution in [0.4, 0.5) is 0 Å². The smallest absolute Gasteiger partial charge is 0.225 e. The van der Waals surface area contributed by atoms with Gasteiger partial charge in [0.05, 0.1) is 6.42 Å². The van der Waals surface area contributed by atoms with Crippen LogP contribution in [0.1, 0.15) is 30.8 Å². The Labute approximate surface area is 128 Å². The maximum atomic E-state index is 11.7. The minimum Gasteiger partial charge on any atom is -0.356 e. The summed E-state index contributed by atoms with van der Waals surface area (Å²) in [4.78, 5) is 27.1. The zero-order chi connectivity index (χ0) is 15.1. The molecule has 7 heteroatoms. The number of aromatic amines is 1. The molecule has 3 N–H and O–H groups in total. The van der Waals surface area contributed by atoms with Gasteiger partial charge in [0.2, 0.25) is 11.8 Å². The predicted octanol–water partition coefficient (Wildman–Crippen LogP) is 1.94. The monoisotopic (exact) mass is 315 g/mol. The number of aromatic nitrogens is 1. The van der Waals surface area contributed by atoms with Crippen molar-refractivity contribution in [3.8, 4) is 0 Å². The SMILES string of the molecule is Cc1[nH]c(=S)sc1CC(=O)NCCC(=O)NCC(C)C. The van der Waals surface area contributed by atoms with Crippen molar-refractivity contribution < 1.29 is 9.59 Å². The van der Waals surface area contributed by atoms with Crippen molar-refractivity contribution >= 4 is 35.4 Å². The Balaban J connectivity index is 2.25. The quantitative estimate of drug-likeness (QED) is 0.673. The fourth-order valence-electron chi connectivity index (χ4n) is 1.54. The Bertz CT molecular complexity index is 520. The summed E-state index contributed by atoms with van der Waals surface area (Å²) in [6.07, 6.45) is 0.609. The highest BCUT2D eigenvalue weighted by molar-refractivity contribution is 7.73. The van der Waals surface area contributed by atoms with Crippen molar-refractivity contribution in [2.75, 3.05) is 13.1 Å². The average Bonchev–Trinajstić information content (AvgIpc) is 2.65. The van der Waals surface area contributed by atoms with Gasteiger partial charge in [-0.3, -0.25) is 9.59 Å². The summed E-state index contributed by atoms with van der Waals surface area (Å²) in [5.41, 5.74) is 0.935. The fourth-order valence-corrected chi connectivity index (χ4v) is 2.83. The Morgan fingerprint density at radius 1 is 1.30 bits per heavy atom. The third kappa shape index (κ3) is 6.29. The number of hydrogen-bond donors (Lipinski definition) is 3. The van der Waals surface area contributed by atoms with Crippen LogP contribution in [0, 0.1) is 16.8 Å². The van der Waals surface area contributed by atoms with E-state index in [4.69, 9.17) is 12.2 Å². The lowest BCUT2D eigenvalue weighted by atomic mass is 10.2. The number of amides is 2. The lowest BCUT2D eigenvalue weighted by molar-refractivity contribution is -0.122. The van der Waals surface area contributed by atoms with Crippen molar-refractivity contribution in [1.29, 1.82) is 0 Å². The van der Waals surface area contributed by atoms with E-state index in [2.05, 4.69) is 15.6 Å². The van der Waals surface area contributed by atoms with Gasteiger partial charge in [-0.2, -0.15) is 0 Å². The number of nitrogens with one attached hydrogen (secondary N) is 3. The predicted molar refractivity (Wildman–Crippen MR) is 83.4 cm³/mol. The minimum atomic E-state index is -0.0880. The van der Waals surface area contributed by atoms with Crippen LogP contribution in [0.15, 0.2) is 0 Å². The standard InChI is InChI=1S/C13H21N3O2S2/c1-8(2)7-15-11(17)4-5-14-12(18)6-10-9(3)16-13(19)20-10/h8H,4-7H2,1-3H3,(H,14,18)(H,15,17)(H,16,19). The maximum Gasteiger partial charge on any atom is 0.225 e. The van der Waals surface area contributed by atoms with E-state index in [1.165, 1.54) is 11.3 Å². The molecule has 0 aliphatic rings. The molecule has 0 saturated carbocycles. The first kappa shape index (κ1) is 16.8. The zero-order valence-electron chi connectivity index (χ0n) is 12.0. The Morgan fingerprint density at radius 2 is 2.00 bits per heavy atom. The van der Waals surface area contributed by atoms with E-state index in [-0.39, 0.29) is 11.8 Å². The molecule has 0 aromatic carbocycles. The van der Waals surface area contributed by atoms with E-state index in [1.54, 1.807) is 0 Å². The Morgan fingerprint density at radius 3 is 2.55 bits per heavy atom. The molecule has 0 bridgehead atoms. The lowest BCUT2D eigenvalue weighted by Gasteiger charge is -2.08. The molecule has 0 atom stereocenters. The highest BCUT2D eigenvalue weighted by atomic mass is 32.1. The highest BCUT2D eigenvalue weighted by Crippen LogP contribution is 2.14. The molecular formula is C13H21N3O2S2. The first-order valence-corrected chi connectivity index (χ1v) is 7.83. The van der Waals surface area contributed by atoms with Crippen LogP contribution in [-0.4, -0.2) is 29.9 Å². The second kappa shape index (κ2) is 8.16. The summed E-state index contributed by atoms with van der Waals surface area (Å²) in [7, 11) is 0. The van der Waals surface area contributed by atoms with Crippen LogP contribution in [0.2, 0.25) is 0 Å². The summed E-state index contributed by atoms with van der Waals surface area (Å²) in [5.74, 6) is 0.307. The van der Waals surface area contributed by atoms with Gasteiger partial charge in [-0.25, -0.2) is 0 Å². The molecule has 5 nitrogen and oxygen atoms in total. The molecule has 1 aromatic heterocycles. The number of thiazole rings is 1. The van der Waals surface area contributed by atoms with Gasteiger partial charge in [0, 0.05) is 30.1 Å². The Hall–Kier alpha value is -1.21. The average molecular weight is 315 g/mol. The van der Waals surface area contributed by atoms with Gasteiger partial charge in [0.1, 0.15) is 0 Å². The number of carbonyl (C=O) groups excluding carboxylic acids is 2. The molecule has 0 aliphatic carbocycles. The van der Waals surface area contributed by atoms with E-state index in [9.17, 15) is 9.59 Å². The third-order valence-electron chi connectivity index (χ3n) is 2.63. The Kier molecular flexibility index (Phi) is 6.87. The molecule has 112 valence electrons. The largest absolute Gasteiger partial charge is 0.356 e. The maximum absolute atomic E-state index is 11.7. The number of hydrogen-bond acceptors (Lipinski definition) is 4. The van der Waals surface area contributed by atoms with E-state index in [0.717, 1.165) is 10.6 Å². The summed E-state index contributed by atoms with van der Waals surface area (Å²) >= 11 is 6.44. The topological polar surface area (TPSA) is 74.0 Å². The summed E-state index contributed by atoms with van der Waals surface area (Å²) < 4.78 is 0.679. The summed E-state index contributed by atoms with van der Waals surface area (Å²) in [6, 6.07) is 0. The minimum absolute atomic E-state index is 0.0347. The second-order valence-corrected chi connectivity index (χ2v) is 6.81. The van der Waals surface area contributed by atoms with Crippen LogP contribution >= 0.6 is 23.6 Å². The van der Waals surface area contributed by atoms with Gasteiger partial charge < -0.3 is 15.6 Å². The van der Waals surface area contributed by atoms with E-state index >= 15 is 0 Å². The van der Waals surface area contributed by atoms with Gasteiger partial charge >= 0.3 is 0 Å². The highest BCUT2D eigenvalue weighted by Gasteiger charge is 2.09. The van der Waals surface area contributed by atoms with Crippen LogP contribution in [0.25, 0.3) is 0 Å². The molecule has 0 radical (unpaired) electrons. The van der Waals surface area contributed by atoms with Gasteiger partial charge in [-0.1, -0.05) is 13.8 Å². The van der Waals surface area contributed by atoms with Gasteiger partial charge in [0.15, 0.2) is 3.95 Å². The molecule has 0 fully saturated rings. The fraction of sp³-hybridized carbons (Fsp3) is 0.615. The molecule has 20 heavy (non-hydrogen) atoms. The van der Waals surface area contributed by atoms with E-state index < -0.39 is 0 Å². The van der Waals surface area contributed by atoms with Gasteiger partial charge in [0.25, 0.3) is 0 Å². The zero-order valence-corrected chi connectivity index (χ0v) is 13.7. The van der Waals surface area contributed by atoms with Crippen molar-refractivity contribution in [1.82, 2.24) is 15.6 Å². The van der Waals surface area contributed by atoms with Gasteiger partial charge in [-0.05, 0) is 25.1 Å². The molecule has 0 spiro atoms. The van der Waals surface area contributed by atoms with Crippen molar-refractivity contribution in [2.45, 2.75) is 33.6 Å². The van der Waals surface area contributed by atoms with Crippen molar-refractivity contribution in [2.24, 2.45) is 5.92 Å². The molecule has 1 aromatic rings. The molecule has 0 saturated heterocycles. The van der Waals surface area contributed by atoms with Crippen molar-refractivity contribution in [3.05, 3.63) is 14.5 Å². The van der Waals surface area contributed by atoms with Crippen LogP contribution in [0.3, 0.4) is 0 Å². The normalized spacial score (nSPS) is 10.6. The molecule has 0 unspecified atom stereocenters. The first-order chi connectivity index (χ1) is 9.38. The molecular weight excluding hydrogens is 294 g/mol. The molecule has 0 aliphatic heterocycles. The molecule has 2 amide bonds. The number of carbonyl (C=O) groups is 2. The van der Waals surface area contributed by atoms with Gasteiger partial charge in [-0.15, -0.1) is 11.3 Å². The molecule has 1 rings (SSSR count). The first-order valence-electron chi connectivity index (χ1n) is 6.60. The molecule has 1 heterocycles.